The molecule has 1 aliphatic carbocycles. The van der Waals surface area contributed by atoms with Gasteiger partial charge >= 0.3 is 0 Å². The average molecular weight is 310 g/mol. The molecule has 1 fully saturated rings. The molecule has 0 aromatic heterocycles. The van der Waals surface area contributed by atoms with Gasteiger partial charge in [-0.1, -0.05) is 50.9 Å². The lowest BCUT2D eigenvalue weighted by Gasteiger charge is -2.42. The number of halogens is 1. The van der Waals surface area contributed by atoms with E-state index in [1.165, 1.54) is 12.8 Å². The van der Waals surface area contributed by atoms with Gasteiger partial charge in [0.15, 0.2) is 0 Å². The summed E-state index contributed by atoms with van der Waals surface area (Å²) >= 11 is 6.23. The van der Waals surface area contributed by atoms with Gasteiger partial charge in [0, 0.05) is 5.92 Å². The van der Waals surface area contributed by atoms with E-state index in [-0.39, 0.29) is 6.10 Å². The van der Waals surface area contributed by atoms with Crippen molar-refractivity contribution in [2.75, 3.05) is 6.54 Å². The first kappa shape index (κ1) is 16.6. The highest BCUT2D eigenvalue weighted by Crippen LogP contribution is 2.43. The summed E-state index contributed by atoms with van der Waals surface area (Å²) < 4.78 is 6.25. The predicted octanol–water partition coefficient (Wildman–Crippen LogP) is 4.90. The van der Waals surface area contributed by atoms with Crippen molar-refractivity contribution in [1.29, 1.82) is 0 Å². The maximum atomic E-state index is 6.25. The first-order valence-electron chi connectivity index (χ1n) is 8.09. The van der Waals surface area contributed by atoms with Crippen LogP contribution >= 0.6 is 11.6 Å². The first-order chi connectivity index (χ1) is 9.97. The van der Waals surface area contributed by atoms with Crippen LogP contribution in [0.1, 0.15) is 46.5 Å². The Labute approximate surface area is 134 Å². The van der Waals surface area contributed by atoms with Gasteiger partial charge in [-0.3, -0.25) is 0 Å². The molecule has 0 radical (unpaired) electrons. The Kier molecular flexibility index (Phi) is 5.56. The SMILES string of the molecule is CCC(C)(C)C1CCC(CN)C(Oc2ccccc2Cl)C1. The molecule has 0 saturated heterocycles. The number of benzene rings is 1. The number of rotatable bonds is 5. The standard InChI is InChI=1S/C18H28ClNO/c1-4-18(2,3)14-10-9-13(12-20)17(11-14)21-16-8-6-5-7-15(16)19/h5-8,13-14,17H,4,9-12,20H2,1-3H3. The van der Waals surface area contributed by atoms with E-state index < -0.39 is 0 Å². The van der Waals surface area contributed by atoms with E-state index in [9.17, 15) is 0 Å². The van der Waals surface area contributed by atoms with Gasteiger partial charge in [-0.2, -0.15) is 0 Å². The van der Waals surface area contributed by atoms with Crippen LogP contribution in [0.5, 0.6) is 5.75 Å². The van der Waals surface area contributed by atoms with E-state index in [0.29, 0.717) is 28.8 Å². The Morgan fingerprint density at radius 3 is 2.62 bits per heavy atom. The minimum Gasteiger partial charge on any atom is -0.489 e. The number of hydrogen-bond donors (Lipinski definition) is 1. The van der Waals surface area contributed by atoms with Gasteiger partial charge < -0.3 is 10.5 Å². The Bertz CT molecular complexity index is 460. The van der Waals surface area contributed by atoms with Gasteiger partial charge in [-0.15, -0.1) is 0 Å². The molecule has 1 aromatic rings. The van der Waals surface area contributed by atoms with E-state index in [0.717, 1.165) is 18.6 Å². The van der Waals surface area contributed by atoms with Crippen LogP contribution in [-0.2, 0) is 0 Å². The van der Waals surface area contributed by atoms with Gasteiger partial charge in [0.1, 0.15) is 11.9 Å². The highest BCUT2D eigenvalue weighted by Gasteiger charge is 2.38. The topological polar surface area (TPSA) is 35.2 Å². The largest absolute Gasteiger partial charge is 0.489 e. The average Bonchev–Trinajstić information content (AvgIpc) is 2.49. The lowest BCUT2D eigenvalue weighted by Crippen LogP contribution is -2.42. The third kappa shape index (κ3) is 3.92. The molecule has 3 heteroatoms. The van der Waals surface area contributed by atoms with Crippen LogP contribution in [0.3, 0.4) is 0 Å². The van der Waals surface area contributed by atoms with Gasteiger partial charge in [0.2, 0.25) is 0 Å². The molecule has 1 saturated carbocycles. The molecule has 118 valence electrons. The number of nitrogens with two attached hydrogens (primary N) is 1. The molecule has 2 nitrogen and oxygen atoms in total. The van der Waals surface area contributed by atoms with Crippen LogP contribution in [-0.4, -0.2) is 12.6 Å². The van der Waals surface area contributed by atoms with Crippen molar-refractivity contribution in [3.8, 4) is 5.75 Å². The van der Waals surface area contributed by atoms with Crippen LogP contribution in [0.15, 0.2) is 24.3 Å². The second-order valence-corrected chi connectivity index (χ2v) is 7.34. The third-order valence-corrected chi connectivity index (χ3v) is 5.67. The zero-order valence-corrected chi connectivity index (χ0v) is 14.2. The van der Waals surface area contributed by atoms with E-state index in [4.69, 9.17) is 22.1 Å². The lowest BCUT2D eigenvalue weighted by molar-refractivity contribution is 0.0259. The summed E-state index contributed by atoms with van der Waals surface area (Å²) in [4.78, 5) is 0. The maximum absolute atomic E-state index is 6.25. The fourth-order valence-electron chi connectivity index (χ4n) is 3.31. The van der Waals surface area contributed by atoms with E-state index in [2.05, 4.69) is 20.8 Å². The quantitative estimate of drug-likeness (QED) is 0.839. The molecule has 0 amide bonds. The Morgan fingerprint density at radius 1 is 1.29 bits per heavy atom. The van der Waals surface area contributed by atoms with Crippen molar-refractivity contribution in [3.05, 3.63) is 29.3 Å². The molecule has 0 aliphatic heterocycles. The van der Waals surface area contributed by atoms with E-state index >= 15 is 0 Å². The van der Waals surface area contributed by atoms with Crippen LogP contribution in [0.4, 0.5) is 0 Å². The summed E-state index contributed by atoms with van der Waals surface area (Å²) in [6.45, 7) is 7.70. The van der Waals surface area contributed by atoms with E-state index in [1.54, 1.807) is 0 Å². The first-order valence-corrected chi connectivity index (χ1v) is 8.47. The van der Waals surface area contributed by atoms with Crippen molar-refractivity contribution in [3.63, 3.8) is 0 Å². The summed E-state index contributed by atoms with van der Waals surface area (Å²) in [6.07, 6.45) is 4.86. The second kappa shape index (κ2) is 7.02. The Balaban J connectivity index is 2.12. The fourth-order valence-corrected chi connectivity index (χ4v) is 3.49. The van der Waals surface area contributed by atoms with Crippen LogP contribution < -0.4 is 10.5 Å². The maximum Gasteiger partial charge on any atom is 0.138 e. The fraction of sp³-hybridized carbons (Fsp3) is 0.667. The molecule has 3 unspecified atom stereocenters. The molecule has 0 spiro atoms. The molecule has 1 aromatic carbocycles. The van der Waals surface area contributed by atoms with Gasteiger partial charge in [-0.25, -0.2) is 0 Å². The Hall–Kier alpha value is -0.730. The smallest absolute Gasteiger partial charge is 0.138 e. The minimum absolute atomic E-state index is 0.180. The van der Waals surface area contributed by atoms with Crippen LogP contribution in [0.25, 0.3) is 0 Å². The van der Waals surface area contributed by atoms with Crippen molar-refractivity contribution in [1.82, 2.24) is 0 Å². The number of hydrogen-bond acceptors (Lipinski definition) is 2. The van der Waals surface area contributed by atoms with Gasteiger partial charge in [0.25, 0.3) is 0 Å². The number of ether oxygens (including phenoxy) is 1. The third-order valence-electron chi connectivity index (χ3n) is 5.36. The summed E-state index contributed by atoms with van der Waals surface area (Å²) in [5.74, 6) is 1.92. The van der Waals surface area contributed by atoms with Gasteiger partial charge in [-0.05, 0) is 49.3 Å². The lowest BCUT2D eigenvalue weighted by atomic mass is 9.66. The molecule has 2 N–H and O–H groups in total. The van der Waals surface area contributed by atoms with Crippen molar-refractivity contribution >= 4 is 11.6 Å². The normalized spacial score (nSPS) is 26.6. The summed E-state index contributed by atoms with van der Waals surface area (Å²) in [5.41, 5.74) is 6.32. The molecule has 2 rings (SSSR count). The van der Waals surface area contributed by atoms with Crippen LogP contribution in [0, 0.1) is 17.3 Å². The van der Waals surface area contributed by atoms with E-state index in [1.807, 2.05) is 24.3 Å². The Morgan fingerprint density at radius 2 is 2.00 bits per heavy atom. The summed E-state index contributed by atoms with van der Waals surface area (Å²) in [6, 6.07) is 7.73. The second-order valence-electron chi connectivity index (χ2n) is 6.93. The van der Waals surface area contributed by atoms with Gasteiger partial charge in [0.05, 0.1) is 5.02 Å². The van der Waals surface area contributed by atoms with Crippen LogP contribution in [0.2, 0.25) is 5.02 Å². The number of para-hydroxylation sites is 1. The van der Waals surface area contributed by atoms with Crippen molar-refractivity contribution in [2.24, 2.45) is 23.0 Å². The zero-order chi connectivity index (χ0) is 15.5. The molecule has 1 aliphatic rings. The molecule has 21 heavy (non-hydrogen) atoms. The molecular weight excluding hydrogens is 282 g/mol. The summed E-state index contributed by atoms with van der Waals surface area (Å²) in [7, 11) is 0. The van der Waals surface area contributed by atoms with Crippen molar-refractivity contribution in [2.45, 2.75) is 52.6 Å². The predicted molar refractivity (Wildman–Crippen MR) is 89.8 cm³/mol. The summed E-state index contributed by atoms with van der Waals surface area (Å²) in [5, 5.41) is 0.685. The molecular formula is C18H28ClNO. The zero-order valence-electron chi connectivity index (χ0n) is 13.4. The van der Waals surface area contributed by atoms with Crippen molar-refractivity contribution < 1.29 is 4.74 Å². The molecule has 0 heterocycles. The molecule has 3 atom stereocenters. The minimum atomic E-state index is 0.180. The highest BCUT2D eigenvalue weighted by molar-refractivity contribution is 6.32. The molecule has 0 bridgehead atoms. The highest BCUT2D eigenvalue weighted by atomic mass is 35.5. The monoisotopic (exact) mass is 309 g/mol.